The van der Waals surface area contributed by atoms with Crippen LogP contribution in [0.1, 0.15) is 0 Å². The number of nitrogens with zero attached hydrogens (tertiary/aromatic N) is 2. The monoisotopic (exact) mass is 229 g/mol. The van der Waals surface area contributed by atoms with Crippen LogP contribution in [-0.2, 0) is 0 Å². The van der Waals surface area contributed by atoms with E-state index in [1.165, 1.54) is 11.3 Å². The molecule has 52 valence electrons. The number of nitrogens with one attached hydrogen (secondary N) is 1. The summed E-state index contributed by atoms with van der Waals surface area (Å²) in [5, 5.41) is 11.1. The number of hydrogen-bond acceptors (Lipinski definition) is 4. The number of aromatic nitrogens is 2. The van der Waals surface area contributed by atoms with E-state index in [1.54, 1.807) is 0 Å². The maximum Gasteiger partial charge on any atom is 0.206 e. The first-order valence-corrected chi connectivity index (χ1v) is 3.60. The minimum atomic E-state index is 0. The molecule has 1 aromatic rings. The molecule has 1 aromatic heterocycles. The molecule has 0 aliphatic carbocycles. The molecule has 9 heavy (non-hydrogen) atoms. The van der Waals surface area contributed by atoms with Crippen LogP contribution in [0.3, 0.4) is 0 Å². The van der Waals surface area contributed by atoms with Crippen molar-refractivity contribution < 1.29 is 0 Å². The van der Waals surface area contributed by atoms with Gasteiger partial charge in [-0.2, -0.15) is 0 Å². The molecule has 1 rings (SSSR count). The first-order chi connectivity index (χ1) is 3.83. The van der Waals surface area contributed by atoms with Gasteiger partial charge in [0, 0.05) is 7.05 Å². The Morgan fingerprint density at radius 2 is 2.22 bits per heavy atom. The summed E-state index contributed by atoms with van der Waals surface area (Å²) >= 11 is 4.65. The van der Waals surface area contributed by atoms with Crippen LogP contribution in [0.4, 0.5) is 5.13 Å². The summed E-state index contributed by atoms with van der Waals surface area (Å²) in [4.78, 5) is 0. The Labute approximate surface area is 71.4 Å². The van der Waals surface area contributed by atoms with Gasteiger partial charge < -0.3 is 5.32 Å². The maximum absolute atomic E-state index is 3.74. The molecule has 1 heterocycles. The third kappa shape index (κ3) is 2.47. The molecule has 0 amide bonds. The molecular weight excluding hydrogens is 225 g/mol. The van der Waals surface area contributed by atoms with Gasteiger partial charge in [0.1, 0.15) is 0 Å². The highest BCUT2D eigenvalue weighted by molar-refractivity contribution is 9.11. The lowest BCUT2D eigenvalue weighted by molar-refractivity contribution is 1.07. The second-order valence-corrected chi connectivity index (χ2v) is 3.36. The molecular formula is C3H5BrClN3S. The molecule has 1 N–H and O–H groups in total. The molecule has 3 nitrogen and oxygen atoms in total. The standard InChI is InChI=1S/C3H4BrN3S.ClH/c1-5-3-7-6-2(4)8-3;/h1H3,(H,5,7);1H. The topological polar surface area (TPSA) is 37.8 Å². The van der Waals surface area contributed by atoms with Crippen molar-refractivity contribution in [2.24, 2.45) is 0 Å². The first-order valence-electron chi connectivity index (χ1n) is 1.99. The molecule has 0 radical (unpaired) electrons. The summed E-state index contributed by atoms with van der Waals surface area (Å²) < 4.78 is 0.807. The Morgan fingerprint density at radius 1 is 1.56 bits per heavy atom. The zero-order valence-electron chi connectivity index (χ0n) is 4.59. The van der Waals surface area contributed by atoms with E-state index in [-0.39, 0.29) is 12.4 Å². The molecule has 0 aliphatic rings. The van der Waals surface area contributed by atoms with Crippen LogP contribution in [0.25, 0.3) is 0 Å². The molecule has 6 heteroatoms. The van der Waals surface area contributed by atoms with E-state index in [4.69, 9.17) is 0 Å². The van der Waals surface area contributed by atoms with E-state index in [0.29, 0.717) is 0 Å². The van der Waals surface area contributed by atoms with Crippen molar-refractivity contribution in [1.82, 2.24) is 10.2 Å². The first kappa shape index (κ1) is 9.13. The zero-order chi connectivity index (χ0) is 5.98. The van der Waals surface area contributed by atoms with Crippen molar-refractivity contribution in [3.63, 3.8) is 0 Å². The van der Waals surface area contributed by atoms with E-state index in [0.717, 1.165) is 9.05 Å². The summed E-state index contributed by atoms with van der Waals surface area (Å²) in [5.74, 6) is 0. The van der Waals surface area contributed by atoms with Crippen LogP contribution in [0, 0.1) is 0 Å². The molecule has 0 spiro atoms. The Morgan fingerprint density at radius 3 is 2.44 bits per heavy atom. The van der Waals surface area contributed by atoms with Gasteiger partial charge in [-0.3, -0.25) is 0 Å². The number of hydrogen-bond donors (Lipinski definition) is 1. The fourth-order valence-electron chi connectivity index (χ4n) is 0.306. The fourth-order valence-corrected chi connectivity index (χ4v) is 1.27. The van der Waals surface area contributed by atoms with Crippen molar-refractivity contribution in [2.75, 3.05) is 12.4 Å². The van der Waals surface area contributed by atoms with Crippen LogP contribution in [0.5, 0.6) is 0 Å². The number of rotatable bonds is 1. The van der Waals surface area contributed by atoms with Gasteiger partial charge in [0.2, 0.25) is 5.13 Å². The summed E-state index contributed by atoms with van der Waals surface area (Å²) in [5.41, 5.74) is 0. The largest absolute Gasteiger partial charge is 0.363 e. The predicted molar refractivity (Wildman–Crippen MR) is 44.4 cm³/mol. The van der Waals surface area contributed by atoms with E-state index >= 15 is 0 Å². The fraction of sp³-hybridized carbons (Fsp3) is 0.333. The Balaban J connectivity index is 0.000000640. The highest BCUT2D eigenvalue weighted by Gasteiger charge is 1.94. The van der Waals surface area contributed by atoms with Crippen LogP contribution in [0.2, 0.25) is 0 Å². The highest BCUT2D eigenvalue weighted by atomic mass is 79.9. The van der Waals surface area contributed by atoms with Crippen LogP contribution in [-0.4, -0.2) is 17.2 Å². The zero-order valence-corrected chi connectivity index (χ0v) is 7.81. The van der Waals surface area contributed by atoms with E-state index in [2.05, 4.69) is 31.4 Å². The molecule has 0 saturated heterocycles. The Kier molecular flexibility index (Phi) is 4.09. The Hall–Kier alpha value is 0.130. The third-order valence-corrected chi connectivity index (χ3v) is 1.99. The molecule has 0 bridgehead atoms. The summed E-state index contributed by atoms with van der Waals surface area (Å²) in [6.07, 6.45) is 0. The smallest absolute Gasteiger partial charge is 0.206 e. The van der Waals surface area contributed by atoms with Gasteiger partial charge in [-0.15, -0.1) is 22.6 Å². The van der Waals surface area contributed by atoms with Gasteiger partial charge in [0.05, 0.1) is 0 Å². The van der Waals surface area contributed by atoms with Crippen LogP contribution in [0.15, 0.2) is 3.92 Å². The molecule has 0 atom stereocenters. The minimum absolute atomic E-state index is 0. The summed E-state index contributed by atoms with van der Waals surface area (Å²) in [6, 6.07) is 0. The third-order valence-electron chi connectivity index (χ3n) is 0.614. The molecule has 0 aromatic carbocycles. The van der Waals surface area contributed by atoms with Crippen molar-refractivity contribution in [1.29, 1.82) is 0 Å². The summed E-state index contributed by atoms with van der Waals surface area (Å²) in [7, 11) is 1.81. The van der Waals surface area contributed by atoms with Crippen molar-refractivity contribution in [2.45, 2.75) is 0 Å². The van der Waals surface area contributed by atoms with Crippen molar-refractivity contribution in [3.05, 3.63) is 3.92 Å². The predicted octanol–water partition coefficient (Wildman–Crippen LogP) is 1.76. The minimum Gasteiger partial charge on any atom is -0.363 e. The van der Waals surface area contributed by atoms with Gasteiger partial charge >= 0.3 is 0 Å². The Bertz CT molecular complexity index is 179. The molecule has 0 saturated carbocycles. The van der Waals surface area contributed by atoms with Crippen LogP contribution >= 0.6 is 39.7 Å². The second-order valence-electron chi connectivity index (χ2n) is 1.11. The number of halogens is 2. The van der Waals surface area contributed by atoms with E-state index in [9.17, 15) is 0 Å². The van der Waals surface area contributed by atoms with Crippen LogP contribution < -0.4 is 5.32 Å². The van der Waals surface area contributed by atoms with E-state index < -0.39 is 0 Å². The summed E-state index contributed by atoms with van der Waals surface area (Å²) in [6.45, 7) is 0. The maximum atomic E-state index is 3.74. The lowest BCUT2D eigenvalue weighted by Crippen LogP contribution is -1.84. The molecule has 0 fully saturated rings. The molecule has 0 aliphatic heterocycles. The van der Waals surface area contributed by atoms with Gasteiger partial charge in [0.15, 0.2) is 3.92 Å². The van der Waals surface area contributed by atoms with Gasteiger partial charge in [-0.1, -0.05) is 11.3 Å². The lowest BCUT2D eigenvalue weighted by Gasteiger charge is -1.82. The van der Waals surface area contributed by atoms with E-state index in [1.807, 2.05) is 7.05 Å². The van der Waals surface area contributed by atoms with Crippen molar-refractivity contribution in [3.8, 4) is 0 Å². The van der Waals surface area contributed by atoms with Gasteiger partial charge in [-0.25, -0.2) is 0 Å². The van der Waals surface area contributed by atoms with Gasteiger partial charge in [-0.05, 0) is 15.9 Å². The quantitative estimate of drug-likeness (QED) is 0.799. The lowest BCUT2D eigenvalue weighted by atomic mass is 11.1. The highest BCUT2D eigenvalue weighted by Crippen LogP contribution is 2.18. The normalized spacial score (nSPS) is 8.22. The molecule has 0 unspecified atom stereocenters. The SMILES string of the molecule is CNc1nnc(Br)s1.Cl. The second kappa shape index (κ2) is 4.03. The number of anilines is 1. The average Bonchev–Trinajstić information content (AvgIpc) is 2.14. The average molecular weight is 231 g/mol. The van der Waals surface area contributed by atoms with Gasteiger partial charge in [0.25, 0.3) is 0 Å². The van der Waals surface area contributed by atoms with Crippen molar-refractivity contribution >= 4 is 44.8 Å².